The number of rotatable bonds is 15. The van der Waals surface area contributed by atoms with Crippen LogP contribution in [0.25, 0.3) is 11.2 Å². The first-order chi connectivity index (χ1) is 27.0. The van der Waals surface area contributed by atoms with E-state index in [1.165, 1.54) is 38.0 Å². The Kier molecular flexibility index (Phi) is 14.1. The van der Waals surface area contributed by atoms with Crippen molar-refractivity contribution in [3.63, 3.8) is 0 Å². The van der Waals surface area contributed by atoms with Crippen LogP contribution in [0.3, 0.4) is 0 Å². The normalized spacial score (nSPS) is 13.1. The molecule has 0 unspecified atom stereocenters. The van der Waals surface area contributed by atoms with Crippen LogP contribution >= 0.6 is 0 Å². The van der Waals surface area contributed by atoms with Gasteiger partial charge in [0.25, 0.3) is 5.91 Å². The van der Waals surface area contributed by atoms with Crippen LogP contribution in [-0.2, 0) is 13.1 Å². The number of likely N-dealkylation sites (tertiary alicyclic amines) is 1. The lowest BCUT2D eigenvalue weighted by atomic mass is 9.93. The standard InChI is InChI=1S/C32H42N8O4.C8H9NO3/c1-3-4-17-44-31-37-28(34)27-29(38-31)40(32(42)36-27)20-23-7-5-22(6-8-23)19-39-15-12-21(13-16-39)11-14-35-30(41)24-9-10-25(33)26(18-24)43-2;1-12-7-4-5(8(10)11)2-3-6(7)9/h5-10,18,21H,3-4,11-17,19-20,33H2,1-2H3,(H,35,41)(H,36,42)(H2,34,37,38);2-4H,9H2,1H3,(H,10,11). The number of nitrogens with two attached hydrogens (primary N) is 3. The minimum absolute atomic E-state index is 0.114. The second-order valence-electron chi connectivity index (χ2n) is 13.6. The molecule has 0 aliphatic carbocycles. The number of aromatic carboxylic acids is 1. The van der Waals surface area contributed by atoms with E-state index in [-0.39, 0.29) is 29.0 Å². The van der Waals surface area contributed by atoms with Gasteiger partial charge in [0, 0.05) is 18.7 Å². The molecule has 0 atom stereocenters. The zero-order valence-electron chi connectivity index (χ0n) is 32.0. The number of fused-ring (bicyclic) bond motifs is 1. The predicted molar refractivity (Wildman–Crippen MR) is 215 cm³/mol. The van der Waals surface area contributed by atoms with Crippen molar-refractivity contribution in [1.82, 2.24) is 29.7 Å². The maximum absolute atomic E-state index is 12.7. The monoisotopic (exact) mass is 769 g/mol. The van der Waals surface area contributed by atoms with Gasteiger partial charge in [-0.3, -0.25) is 14.3 Å². The molecule has 298 valence electrons. The summed E-state index contributed by atoms with van der Waals surface area (Å²) >= 11 is 0. The Morgan fingerprint density at radius 2 is 1.50 bits per heavy atom. The molecule has 3 aromatic carbocycles. The Labute approximate surface area is 325 Å². The van der Waals surface area contributed by atoms with E-state index in [9.17, 15) is 14.4 Å². The molecule has 1 fully saturated rings. The van der Waals surface area contributed by atoms with E-state index in [0.29, 0.717) is 65.2 Å². The van der Waals surface area contributed by atoms with E-state index >= 15 is 0 Å². The summed E-state index contributed by atoms with van der Waals surface area (Å²) in [7, 11) is 2.98. The fourth-order valence-electron chi connectivity index (χ4n) is 6.36. The number of nitrogens with one attached hydrogen (secondary N) is 2. The number of aromatic nitrogens is 4. The van der Waals surface area contributed by atoms with E-state index in [1.807, 2.05) is 0 Å². The number of carbonyl (C=O) groups excluding carboxylic acids is 1. The van der Waals surface area contributed by atoms with Gasteiger partial charge >= 0.3 is 17.7 Å². The fourth-order valence-corrected chi connectivity index (χ4v) is 6.36. The van der Waals surface area contributed by atoms with Crippen molar-refractivity contribution < 1.29 is 28.9 Å². The summed E-state index contributed by atoms with van der Waals surface area (Å²) < 4.78 is 17.3. The number of piperidine rings is 1. The van der Waals surface area contributed by atoms with Crippen LogP contribution in [0.2, 0.25) is 0 Å². The molecule has 0 radical (unpaired) electrons. The molecular formula is C40H51N9O7. The van der Waals surface area contributed by atoms with Crippen molar-refractivity contribution in [1.29, 1.82) is 0 Å². The number of ether oxygens (including phenoxy) is 3. The first-order valence-corrected chi connectivity index (χ1v) is 18.6. The molecule has 1 saturated heterocycles. The van der Waals surface area contributed by atoms with Crippen LogP contribution in [0, 0.1) is 5.92 Å². The number of aromatic amines is 1. The topological polar surface area (TPSA) is 239 Å². The average Bonchev–Trinajstić information content (AvgIpc) is 3.51. The van der Waals surface area contributed by atoms with Crippen LogP contribution in [0.4, 0.5) is 17.2 Å². The largest absolute Gasteiger partial charge is 0.495 e. The van der Waals surface area contributed by atoms with Gasteiger partial charge < -0.3 is 46.8 Å². The molecule has 1 aliphatic heterocycles. The Balaban J connectivity index is 0.000000427. The van der Waals surface area contributed by atoms with Crippen molar-refractivity contribution >= 4 is 40.2 Å². The molecule has 3 heterocycles. The average molecular weight is 770 g/mol. The van der Waals surface area contributed by atoms with E-state index in [1.54, 1.807) is 22.8 Å². The van der Waals surface area contributed by atoms with Crippen LogP contribution in [-0.4, -0.2) is 81.9 Å². The summed E-state index contributed by atoms with van der Waals surface area (Å²) in [4.78, 5) is 49.6. The number of hydrogen-bond acceptors (Lipinski definition) is 12. The van der Waals surface area contributed by atoms with Gasteiger partial charge in [-0.05, 0) is 92.2 Å². The van der Waals surface area contributed by atoms with Crippen LogP contribution < -0.4 is 42.4 Å². The summed E-state index contributed by atoms with van der Waals surface area (Å²) in [5, 5.41) is 11.6. The molecule has 2 aromatic heterocycles. The lowest BCUT2D eigenvalue weighted by Crippen LogP contribution is -2.34. The van der Waals surface area contributed by atoms with Gasteiger partial charge in [-0.2, -0.15) is 9.97 Å². The molecule has 16 nitrogen and oxygen atoms in total. The lowest BCUT2D eigenvalue weighted by Gasteiger charge is -2.32. The highest BCUT2D eigenvalue weighted by Crippen LogP contribution is 2.25. The number of amides is 1. The number of nitrogen functional groups attached to an aromatic ring is 3. The van der Waals surface area contributed by atoms with Crippen molar-refractivity contribution in [3.05, 3.63) is 93.4 Å². The maximum Gasteiger partial charge on any atom is 0.335 e. The maximum atomic E-state index is 12.7. The smallest absolute Gasteiger partial charge is 0.335 e. The zero-order valence-corrected chi connectivity index (χ0v) is 32.0. The molecule has 0 saturated carbocycles. The molecule has 56 heavy (non-hydrogen) atoms. The number of nitrogens with zero attached hydrogens (tertiary/aromatic N) is 4. The quantitative estimate of drug-likeness (QED) is 0.0635. The summed E-state index contributed by atoms with van der Waals surface area (Å²) in [5.74, 6) is 0.563. The second-order valence-corrected chi connectivity index (χ2v) is 13.6. The Morgan fingerprint density at radius 1 is 0.893 bits per heavy atom. The number of imidazole rings is 1. The van der Waals surface area contributed by atoms with Gasteiger partial charge in [0.2, 0.25) is 0 Å². The van der Waals surface area contributed by atoms with E-state index < -0.39 is 5.97 Å². The van der Waals surface area contributed by atoms with Crippen molar-refractivity contribution in [3.8, 4) is 17.5 Å². The number of benzene rings is 3. The van der Waals surface area contributed by atoms with Crippen LogP contribution in [0.15, 0.2) is 65.5 Å². The van der Waals surface area contributed by atoms with E-state index in [4.69, 9.17) is 36.5 Å². The summed E-state index contributed by atoms with van der Waals surface area (Å²) in [6.45, 7) is 6.48. The summed E-state index contributed by atoms with van der Waals surface area (Å²) in [5.41, 5.74) is 21.9. The number of carboxylic acids is 1. The summed E-state index contributed by atoms with van der Waals surface area (Å²) in [6.07, 6.45) is 5.03. The fraction of sp³-hybridized carbons (Fsp3) is 0.375. The Hall–Kier alpha value is -6.29. The van der Waals surface area contributed by atoms with Crippen molar-refractivity contribution in [2.45, 2.75) is 52.1 Å². The SMILES string of the molecule is CCCCOc1nc(N)c2[nH]c(=O)n(Cc3ccc(CN4CCC(CCNC(=O)c5ccc(N)c(OC)c5)CC4)cc3)c2n1.COc1cc(C(=O)O)ccc1N. The van der Waals surface area contributed by atoms with Gasteiger partial charge in [0.15, 0.2) is 11.5 Å². The lowest BCUT2D eigenvalue weighted by molar-refractivity contribution is 0.0696. The number of carboxylic acid groups (broad SMARTS) is 1. The highest BCUT2D eigenvalue weighted by atomic mass is 16.5. The molecule has 0 bridgehead atoms. The third-order valence-electron chi connectivity index (χ3n) is 9.65. The third kappa shape index (κ3) is 10.7. The number of methoxy groups -OCH3 is 2. The molecule has 16 heteroatoms. The van der Waals surface area contributed by atoms with Gasteiger partial charge in [-0.25, -0.2) is 9.59 Å². The number of H-pyrrole nitrogens is 1. The number of hydrogen-bond donors (Lipinski definition) is 6. The first kappa shape index (κ1) is 40.9. The number of unbranched alkanes of at least 4 members (excludes halogenated alkanes) is 1. The molecule has 1 amide bonds. The third-order valence-corrected chi connectivity index (χ3v) is 9.65. The van der Waals surface area contributed by atoms with Gasteiger partial charge in [0.1, 0.15) is 17.0 Å². The Morgan fingerprint density at radius 3 is 2.11 bits per heavy atom. The Bertz CT molecular complexity index is 2160. The van der Waals surface area contributed by atoms with E-state index in [0.717, 1.165) is 57.3 Å². The van der Waals surface area contributed by atoms with E-state index in [2.05, 4.69) is 56.4 Å². The zero-order chi connectivity index (χ0) is 40.2. The van der Waals surface area contributed by atoms with Gasteiger partial charge in [-0.1, -0.05) is 37.6 Å². The molecule has 1 aliphatic rings. The predicted octanol–water partition coefficient (Wildman–Crippen LogP) is 4.53. The molecule has 9 N–H and O–H groups in total. The van der Waals surface area contributed by atoms with Crippen molar-refractivity contribution in [2.75, 3.05) is 57.7 Å². The molecular weight excluding hydrogens is 718 g/mol. The minimum Gasteiger partial charge on any atom is -0.495 e. The second kappa shape index (κ2) is 19.3. The molecule has 0 spiro atoms. The van der Waals surface area contributed by atoms with Crippen molar-refractivity contribution in [2.24, 2.45) is 5.92 Å². The highest BCUT2D eigenvalue weighted by Gasteiger charge is 2.20. The first-order valence-electron chi connectivity index (χ1n) is 18.6. The summed E-state index contributed by atoms with van der Waals surface area (Å²) in [6, 6.07) is 17.9. The highest BCUT2D eigenvalue weighted by molar-refractivity contribution is 5.95. The number of carbonyl (C=O) groups is 2. The van der Waals surface area contributed by atoms with Crippen LogP contribution in [0.1, 0.15) is 70.9 Å². The van der Waals surface area contributed by atoms with Gasteiger partial charge in [0.05, 0.1) is 44.3 Å². The number of anilines is 3. The van der Waals surface area contributed by atoms with Gasteiger partial charge in [-0.15, -0.1) is 0 Å². The van der Waals surface area contributed by atoms with Crippen LogP contribution in [0.5, 0.6) is 17.5 Å². The molecule has 6 rings (SSSR count). The molecule has 5 aromatic rings. The minimum atomic E-state index is -0.992.